The predicted molar refractivity (Wildman–Crippen MR) is 98.6 cm³/mol. The summed E-state index contributed by atoms with van der Waals surface area (Å²) in [6, 6.07) is 16.2. The fourth-order valence-electron chi connectivity index (χ4n) is 2.55. The molecule has 0 aromatic heterocycles. The van der Waals surface area contributed by atoms with E-state index in [4.69, 9.17) is 21.1 Å². The number of amides is 2. The molecule has 0 bridgehead atoms. The third-order valence-corrected chi connectivity index (χ3v) is 4.13. The van der Waals surface area contributed by atoms with Gasteiger partial charge in [0.1, 0.15) is 11.9 Å². The molecule has 0 aliphatic carbocycles. The van der Waals surface area contributed by atoms with Crippen LogP contribution < -0.4 is 15.0 Å². The molecule has 2 aromatic rings. The molecule has 6 nitrogen and oxygen atoms in total. The van der Waals surface area contributed by atoms with Crippen LogP contribution in [-0.2, 0) is 9.53 Å². The third-order valence-electron chi connectivity index (χ3n) is 3.88. The fourth-order valence-corrected chi connectivity index (χ4v) is 2.68. The van der Waals surface area contributed by atoms with Crippen molar-refractivity contribution in [3.63, 3.8) is 0 Å². The van der Waals surface area contributed by atoms with E-state index in [-0.39, 0.29) is 25.5 Å². The van der Waals surface area contributed by atoms with E-state index in [9.17, 15) is 9.59 Å². The number of benzene rings is 2. The second kappa shape index (κ2) is 8.58. The van der Waals surface area contributed by atoms with Gasteiger partial charge in [-0.2, -0.15) is 0 Å². The summed E-state index contributed by atoms with van der Waals surface area (Å²) in [5.74, 6) is 0.575. The van der Waals surface area contributed by atoms with Crippen LogP contribution in [0, 0.1) is 0 Å². The number of nitrogens with one attached hydrogen (secondary N) is 1. The van der Waals surface area contributed by atoms with Crippen LogP contribution in [0.3, 0.4) is 0 Å². The summed E-state index contributed by atoms with van der Waals surface area (Å²) in [7, 11) is 0. The molecule has 1 unspecified atom stereocenters. The van der Waals surface area contributed by atoms with E-state index in [1.165, 1.54) is 4.90 Å². The van der Waals surface area contributed by atoms with E-state index in [0.717, 1.165) is 5.75 Å². The predicted octanol–water partition coefficient (Wildman–Crippen LogP) is 3.25. The van der Waals surface area contributed by atoms with Crippen molar-refractivity contribution >= 4 is 29.3 Å². The summed E-state index contributed by atoms with van der Waals surface area (Å²) in [5.41, 5.74) is 0.712. The Morgan fingerprint density at radius 2 is 1.92 bits per heavy atom. The molecule has 1 atom stereocenters. The number of hydrogen-bond donors (Lipinski definition) is 1. The monoisotopic (exact) mass is 374 g/mol. The molecule has 0 spiro atoms. The van der Waals surface area contributed by atoms with Gasteiger partial charge >= 0.3 is 6.09 Å². The standard InChI is InChI=1S/C19H19ClN2O4/c20-14-6-8-15(9-7-14)22-13-17(26-19(22)24)12-21-18(23)10-11-25-16-4-2-1-3-5-16/h1-9,17H,10-13H2,(H,21,23). The Hall–Kier alpha value is -2.73. The zero-order valence-electron chi connectivity index (χ0n) is 14.1. The molecule has 2 amide bonds. The van der Waals surface area contributed by atoms with Gasteiger partial charge in [0.05, 0.1) is 26.1 Å². The summed E-state index contributed by atoms with van der Waals surface area (Å²) in [4.78, 5) is 25.4. The normalized spacial score (nSPS) is 16.3. The van der Waals surface area contributed by atoms with E-state index in [0.29, 0.717) is 17.3 Å². The van der Waals surface area contributed by atoms with Gasteiger partial charge in [-0.15, -0.1) is 0 Å². The van der Waals surface area contributed by atoms with Crippen LogP contribution in [0.5, 0.6) is 5.75 Å². The maximum atomic E-state index is 12.0. The minimum atomic E-state index is -0.431. The van der Waals surface area contributed by atoms with Gasteiger partial charge in [-0.1, -0.05) is 29.8 Å². The highest BCUT2D eigenvalue weighted by molar-refractivity contribution is 6.30. The van der Waals surface area contributed by atoms with Crippen LogP contribution >= 0.6 is 11.6 Å². The first-order valence-electron chi connectivity index (χ1n) is 8.30. The van der Waals surface area contributed by atoms with Crippen molar-refractivity contribution in [1.29, 1.82) is 0 Å². The second-order valence-electron chi connectivity index (χ2n) is 5.81. The highest BCUT2D eigenvalue weighted by Gasteiger charge is 2.32. The SMILES string of the molecule is O=C(CCOc1ccccc1)NCC1CN(c2ccc(Cl)cc2)C(=O)O1. The number of nitrogens with zero attached hydrogens (tertiary/aromatic N) is 1. The van der Waals surface area contributed by atoms with Gasteiger partial charge in [0.25, 0.3) is 0 Å². The lowest BCUT2D eigenvalue weighted by atomic mass is 10.2. The van der Waals surface area contributed by atoms with Gasteiger partial charge in [-0.05, 0) is 36.4 Å². The molecule has 1 saturated heterocycles. The number of ether oxygens (including phenoxy) is 2. The molecule has 1 N–H and O–H groups in total. The summed E-state index contributed by atoms with van der Waals surface area (Å²) < 4.78 is 10.8. The fraction of sp³-hybridized carbons (Fsp3) is 0.263. The number of rotatable bonds is 7. The van der Waals surface area contributed by atoms with Crippen LogP contribution in [-0.4, -0.2) is 37.8 Å². The molecule has 0 radical (unpaired) electrons. The van der Waals surface area contributed by atoms with Crippen LogP contribution in [0.25, 0.3) is 0 Å². The first-order chi connectivity index (χ1) is 12.6. The highest BCUT2D eigenvalue weighted by Crippen LogP contribution is 2.23. The number of halogens is 1. The number of para-hydroxylation sites is 1. The molecular weight excluding hydrogens is 356 g/mol. The minimum Gasteiger partial charge on any atom is -0.493 e. The van der Waals surface area contributed by atoms with E-state index in [1.54, 1.807) is 24.3 Å². The van der Waals surface area contributed by atoms with Crippen LogP contribution in [0.2, 0.25) is 5.02 Å². The smallest absolute Gasteiger partial charge is 0.414 e. The summed E-state index contributed by atoms with van der Waals surface area (Å²) in [6.07, 6.45) is -0.590. The van der Waals surface area contributed by atoms with E-state index >= 15 is 0 Å². The maximum Gasteiger partial charge on any atom is 0.414 e. The Morgan fingerprint density at radius 1 is 1.19 bits per heavy atom. The van der Waals surface area contributed by atoms with Crippen molar-refractivity contribution < 1.29 is 19.1 Å². The first-order valence-corrected chi connectivity index (χ1v) is 8.68. The summed E-state index contributed by atoms with van der Waals surface area (Å²) >= 11 is 5.86. The highest BCUT2D eigenvalue weighted by atomic mass is 35.5. The molecule has 136 valence electrons. The largest absolute Gasteiger partial charge is 0.493 e. The Morgan fingerprint density at radius 3 is 2.65 bits per heavy atom. The molecule has 1 aliphatic rings. The number of cyclic esters (lactones) is 1. The molecule has 1 heterocycles. The van der Waals surface area contributed by atoms with Crippen molar-refractivity contribution in [1.82, 2.24) is 5.32 Å². The molecule has 26 heavy (non-hydrogen) atoms. The topological polar surface area (TPSA) is 67.9 Å². The average molecular weight is 375 g/mol. The first kappa shape index (κ1) is 18.1. The molecule has 3 rings (SSSR count). The molecule has 1 fully saturated rings. The zero-order valence-corrected chi connectivity index (χ0v) is 14.8. The van der Waals surface area contributed by atoms with Crippen LogP contribution in [0.15, 0.2) is 54.6 Å². The van der Waals surface area contributed by atoms with Gasteiger partial charge in [0, 0.05) is 10.7 Å². The molecule has 1 aliphatic heterocycles. The number of hydrogen-bond acceptors (Lipinski definition) is 4. The van der Waals surface area contributed by atoms with Crippen LogP contribution in [0.1, 0.15) is 6.42 Å². The zero-order chi connectivity index (χ0) is 18.4. The van der Waals surface area contributed by atoms with Crippen molar-refractivity contribution in [2.24, 2.45) is 0 Å². The molecular formula is C19H19ClN2O4. The van der Waals surface area contributed by atoms with Gasteiger partial charge in [-0.25, -0.2) is 4.79 Å². The van der Waals surface area contributed by atoms with E-state index < -0.39 is 12.2 Å². The Kier molecular flexibility index (Phi) is 5.96. The van der Waals surface area contributed by atoms with E-state index in [1.807, 2.05) is 30.3 Å². The van der Waals surface area contributed by atoms with Gasteiger partial charge in [0.15, 0.2) is 0 Å². The van der Waals surface area contributed by atoms with Crippen molar-refractivity contribution in [2.45, 2.75) is 12.5 Å². The van der Waals surface area contributed by atoms with Crippen molar-refractivity contribution in [3.05, 3.63) is 59.6 Å². The minimum absolute atomic E-state index is 0.151. The van der Waals surface area contributed by atoms with E-state index in [2.05, 4.69) is 5.32 Å². The van der Waals surface area contributed by atoms with Crippen molar-refractivity contribution in [3.8, 4) is 5.75 Å². The molecule has 2 aromatic carbocycles. The van der Waals surface area contributed by atoms with Gasteiger partial charge in [-0.3, -0.25) is 9.69 Å². The lowest BCUT2D eigenvalue weighted by Crippen LogP contribution is -2.35. The van der Waals surface area contributed by atoms with Gasteiger partial charge < -0.3 is 14.8 Å². The number of carbonyl (C=O) groups excluding carboxylic acids is 2. The Bertz CT molecular complexity index is 752. The second-order valence-corrected chi connectivity index (χ2v) is 6.24. The molecule has 0 saturated carbocycles. The van der Waals surface area contributed by atoms with Crippen molar-refractivity contribution in [2.75, 3.05) is 24.6 Å². The third kappa shape index (κ3) is 4.89. The average Bonchev–Trinajstić information content (AvgIpc) is 3.02. The summed E-state index contributed by atoms with van der Waals surface area (Å²) in [5, 5.41) is 3.37. The number of carbonyl (C=O) groups is 2. The lowest BCUT2D eigenvalue weighted by Gasteiger charge is -2.13. The Labute approximate surface area is 156 Å². The summed E-state index contributed by atoms with van der Waals surface area (Å²) in [6.45, 7) is 0.929. The lowest BCUT2D eigenvalue weighted by molar-refractivity contribution is -0.121. The number of anilines is 1. The Balaban J connectivity index is 1.40. The van der Waals surface area contributed by atoms with Gasteiger partial charge in [0.2, 0.25) is 5.91 Å². The quantitative estimate of drug-likeness (QED) is 0.807. The maximum absolute atomic E-state index is 12.0. The van der Waals surface area contributed by atoms with Crippen LogP contribution in [0.4, 0.5) is 10.5 Å². The molecule has 7 heteroatoms.